The van der Waals surface area contributed by atoms with Crippen molar-refractivity contribution in [1.82, 2.24) is 0 Å². The molecule has 0 amide bonds. The molecule has 0 aliphatic carbocycles. The number of hydrogen-bond donors (Lipinski definition) is 5. The maximum Gasteiger partial charge on any atom is 0.193 e. The molecule has 1 fully saturated rings. The van der Waals surface area contributed by atoms with E-state index in [-0.39, 0.29) is 34.3 Å². The fourth-order valence-electron chi connectivity index (χ4n) is 3.61. The fourth-order valence-corrected chi connectivity index (χ4v) is 3.61. The summed E-state index contributed by atoms with van der Waals surface area (Å²) in [5, 5.41) is 50.5. The summed E-state index contributed by atoms with van der Waals surface area (Å²) in [5.74, 6) is -0.425. The van der Waals surface area contributed by atoms with Crippen LogP contribution in [-0.4, -0.2) is 62.3 Å². The predicted octanol–water partition coefficient (Wildman–Crippen LogP) is -0.547. The van der Waals surface area contributed by atoms with Gasteiger partial charge in [-0.1, -0.05) is 0 Å². The number of phenols is 1. The van der Waals surface area contributed by atoms with Crippen LogP contribution in [0.4, 0.5) is 0 Å². The lowest BCUT2D eigenvalue weighted by atomic mass is 9.86. The van der Waals surface area contributed by atoms with E-state index in [4.69, 9.17) is 9.15 Å². The van der Waals surface area contributed by atoms with Gasteiger partial charge in [-0.25, -0.2) is 0 Å². The van der Waals surface area contributed by atoms with Gasteiger partial charge in [-0.3, -0.25) is 9.59 Å². The molecule has 2 aromatic rings. The molecule has 28 heavy (non-hydrogen) atoms. The maximum absolute atomic E-state index is 12.6. The highest BCUT2D eigenvalue weighted by molar-refractivity contribution is 5.90. The number of aliphatic hydroxyl groups is 4. The highest BCUT2D eigenvalue weighted by Crippen LogP contribution is 2.41. The van der Waals surface area contributed by atoms with Crippen molar-refractivity contribution >= 4 is 16.8 Å². The van der Waals surface area contributed by atoms with Gasteiger partial charge < -0.3 is 34.7 Å². The molecular formula is C19H22O9. The van der Waals surface area contributed by atoms with E-state index >= 15 is 0 Å². The van der Waals surface area contributed by atoms with Gasteiger partial charge in [-0.2, -0.15) is 0 Å². The molecule has 1 aliphatic rings. The number of ketones is 1. The van der Waals surface area contributed by atoms with Crippen LogP contribution in [0.1, 0.15) is 29.9 Å². The summed E-state index contributed by atoms with van der Waals surface area (Å²) in [7, 11) is 0. The van der Waals surface area contributed by atoms with E-state index in [1.807, 2.05) is 0 Å². The van der Waals surface area contributed by atoms with Gasteiger partial charge in [0.25, 0.3) is 0 Å². The molecule has 1 aromatic heterocycles. The molecule has 1 saturated heterocycles. The van der Waals surface area contributed by atoms with Gasteiger partial charge >= 0.3 is 0 Å². The molecule has 1 aromatic carbocycles. The van der Waals surface area contributed by atoms with E-state index in [0.717, 1.165) is 0 Å². The number of carbonyl (C=O) groups excluding carboxylic acids is 1. The average Bonchev–Trinajstić information content (AvgIpc) is 2.60. The van der Waals surface area contributed by atoms with Crippen LogP contribution >= 0.6 is 0 Å². The molecule has 0 spiro atoms. The highest BCUT2D eigenvalue weighted by Gasteiger charge is 2.45. The molecular weight excluding hydrogens is 372 g/mol. The minimum Gasteiger partial charge on any atom is -0.507 e. The summed E-state index contributed by atoms with van der Waals surface area (Å²) < 4.78 is 11.0. The number of carbonyl (C=O) groups is 1. The van der Waals surface area contributed by atoms with E-state index in [9.17, 15) is 35.1 Å². The lowest BCUT2D eigenvalue weighted by molar-refractivity contribution is -0.232. The van der Waals surface area contributed by atoms with Gasteiger partial charge in [0.05, 0.1) is 12.0 Å². The number of hydrogen-bond acceptors (Lipinski definition) is 9. The van der Waals surface area contributed by atoms with Crippen LogP contribution in [0.15, 0.2) is 21.3 Å². The predicted molar refractivity (Wildman–Crippen MR) is 96.0 cm³/mol. The van der Waals surface area contributed by atoms with Crippen LogP contribution in [-0.2, 0) is 16.0 Å². The second-order valence-corrected chi connectivity index (χ2v) is 7.01. The van der Waals surface area contributed by atoms with Crippen molar-refractivity contribution in [2.24, 2.45) is 0 Å². The summed E-state index contributed by atoms with van der Waals surface area (Å²) in [5.41, 5.74) is -0.357. The Bertz CT molecular complexity index is 962. The number of ether oxygens (including phenoxy) is 1. The van der Waals surface area contributed by atoms with Crippen molar-refractivity contribution in [3.63, 3.8) is 0 Å². The average molecular weight is 394 g/mol. The van der Waals surface area contributed by atoms with E-state index in [1.165, 1.54) is 19.1 Å². The second kappa shape index (κ2) is 7.61. The van der Waals surface area contributed by atoms with Crippen molar-refractivity contribution < 1.29 is 39.5 Å². The number of aliphatic hydroxyl groups excluding tert-OH is 4. The molecule has 1 aliphatic heterocycles. The van der Waals surface area contributed by atoms with Crippen LogP contribution in [0, 0.1) is 6.92 Å². The Labute approximate surface area is 159 Å². The summed E-state index contributed by atoms with van der Waals surface area (Å²) in [6.07, 6.45) is -7.80. The number of aromatic hydroxyl groups is 1. The van der Waals surface area contributed by atoms with E-state index < -0.39 is 48.3 Å². The van der Waals surface area contributed by atoms with E-state index in [2.05, 4.69) is 0 Å². The first-order chi connectivity index (χ1) is 13.1. The van der Waals surface area contributed by atoms with Gasteiger partial charge in [0, 0.05) is 24.1 Å². The number of phenolic OH excluding ortho intramolecular Hbond substituents is 1. The quantitative estimate of drug-likeness (QED) is 0.459. The molecule has 2 heterocycles. The first-order valence-corrected chi connectivity index (χ1v) is 8.74. The van der Waals surface area contributed by atoms with Crippen LogP contribution in [0.3, 0.4) is 0 Å². The van der Waals surface area contributed by atoms with Crippen LogP contribution in [0.25, 0.3) is 11.0 Å². The van der Waals surface area contributed by atoms with Gasteiger partial charge in [0.1, 0.15) is 53.4 Å². The molecule has 9 nitrogen and oxygen atoms in total. The third-order valence-electron chi connectivity index (χ3n) is 4.87. The third-order valence-corrected chi connectivity index (χ3v) is 4.87. The van der Waals surface area contributed by atoms with Crippen molar-refractivity contribution in [2.75, 3.05) is 6.61 Å². The molecule has 0 radical (unpaired) electrons. The molecule has 5 atom stereocenters. The first kappa shape index (κ1) is 20.4. The molecule has 152 valence electrons. The zero-order valence-corrected chi connectivity index (χ0v) is 15.3. The van der Waals surface area contributed by atoms with Crippen LogP contribution in [0.2, 0.25) is 0 Å². The summed E-state index contributed by atoms with van der Waals surface area (Å²) in [4.78, 5) is 24.4. The van der Waals surface area contributed by atoms with Gasteiger partial charge in [-0.15, -0.1) is 0 Å². The van der Waals surface area contributed by atoms with Crippen molar-refractivity contribution in [1.29, 1.82) is 0 Å². The smallest absolute Gasteiger partial charge is 0.193 e. The van der Waals surface area contributed by atoms with E-state index in [0.29, 0.717) is 5.76 Å². The zero-order valence-electron chi connectivity index (χ0n) is 15.3. The Kier molecular flexibility index (Phi) is 5.55. The number of Topliss-reactive ketones (excluding diaryl/α,β-unsaturated/α-hetero) is 1. The SMILES string of the molecule is CC(=O)Cc1c([C@@H]2O[C@H](CO)[C@@H](O)[C@H](O)[C@H]2O)c(O)cc2oc(C)cc(=O)c12. The Balaban J connectivity index is 2.29. The van der Waals surface area contributed by atoms with Crippen molar-refractivity contribution in [3.05, 3.63) is 39.2 Å². The number of aryl methyl sites for hydroxylation is 1. The fraction of sp³-hybridized carbons (Fsp3) is 0.474. The summed E-state index contributed by atoms with van der Waals surface area (Å²) in [6.45, 7) is 2.20. The largest absolute Gasteiger partial charge is 0.507 e. The third kappa shape index (κ3) is 3.43. The molecule has 3 rings (SSSR count). The zero-order chi connectivity index (χ0) is 20.7. The molecule has 0 saturated carbocycles. The van der Waals surface area contributed by atoms with Gasteiger partial charge in [0.15, 0.2) is 5.43 Å². The van der Waals surface area contributed by atoms with Crippen LogP contribution < -0.4 is 5.43 Å². The highest BCUT2D eigenvalue weighted by atomic mass is 16.5. The Morgan fingerprint density at radius 1 is 1.14 bits per heavy atom. The van der Waals surface area contributed by atoms with Gasteiger partial charge in [0.2, 0.25) is 0 Å². The first-order valence-electron chi connectivity index (χ1n) is 8.74. The molecule has 0 bridgehead atoms. The molecule has 0 unspecified atom stereocenters. The second-order valence-electron chi connectivity index (χ2n) is 7.01. The normalized spacial score (nSPS) is 27.9. The summed E-state index contributed by atoms with van der Waals surface area (Å²) >= 11 is 0. The van der Waals surface area contributed by atoms with Crippen LogP contribution in [0.5, 0.6) is 5.75 Å². The molecule has 9 heteroatoms. The van der Waals surface area contributed by atoms with E-state index in [1.54, 1.807) is 6.92 Å². The number of rotatable bonds is 4. The Hall–Kier alpha value is -2.30. The monoisotopic (exact) mass is 394 g/mol. The van der Waals surface area contributed by atoms with Crippen molar-refractivity contribution in [3.8, 4) is 5.75 Å². The maximum atomic E-state index is 12.6. The topological polar surface area (TPSA) is 158 Å². The lowest BCUT2D eigenvalue weighted by Gasteiger charge is -2.41. The van der Waals surface area contributed by atoms with Crippen molar-refractivity contribution in [2.45, 2.75) is 50.8 Å². The number of benzene rings is 1. The molecule has 5 N–H and O–H groups in total. The Morgan fingerprint density at radius 2 is 1.82 bits per heavy atom. The standard InChI is InChI=1S/C19H22O9/c1-7(21)3-9-14-10(22)4-8(2)27-12(14)5-11(23)15(9)19-18(26)17(25)16(24)13(6-20)28-19/h4-5,13,16-20,23-26H,3,6H2,1-2H3/t13-,16-,17+,18-,19+/m1/s1. The minimum absolute atomic E-state index is 0.0468. The number of fused-ring (bicyclic) bond motifs is 1. The lowest BCUT2D eigenvalue weighted by Crippen LogP contribution is -2.55. The van der Waals surface area contributed by atoms with Gasteiger partial charge in [-0.05, 0) is 19.4 Å². The summed E-state index contributed by atoms with van der Waals surface area (Å²) in [6, 6.07) is 2.41. The Morgan fingerprint density at radius 3 is 2.43 bits per heavy atom. The minimum atomic E-state index is -1.68.